The van der Waals surface area contributed by atoms with Gasteiger partial charge in [-0.25, -0.2) is 8.42 Å². The van der Waals surface area contributed by atoms with E-state index >= 15 is 0 Å². The highest BCUT2D eigenvalue weighted by Gasteiger charge is 2.34. The van der Waals surface area contributed by atoms with Crippen molar-refractivity contribution in [3.8, 4) is 11.5 Å². The van der Waals surface area contributed by atoms with E-state index in [-0.39, 0.29) is 29.5 Å². The van der Waals surface area contributed by atoms with Crippen molar-refractivity contribution in [2.75, 3.05) is 30.6 Å². The molecule has 1 heterocycles. The molecule has 1 N–H and O–H groups in total. The van der Waals surface area contributed by atoms with Crippen LogP contribution in [0.2, 0.25) is 10.0 Å². The lowest BCUT2D eigenvalue weighted by Gasteiger charge is -2.33. The van der Waals surface area contributed by atoms with Crippen molar-refractivity contribution in [2.24, 2.45) is 0 Å². The molecule has 0 unspecified atom stereocenters. The van der Waals surface area contributed by atoms with Gasteiger partial charge in [0.15, 0.2) is 11.5 Å². The first kappa shape index (κ1) is 30.5. The third kappa shape index (κ3) is 7.06. The lowest BCUT2D eigenvalue weighted by molar-refractivity contribution is -0.140. The lowest BCUT2D eigenvalue weighted by atomic mass is 10.1. The van der Waals surface area contributed by atoms with Crippen LogP contribution >= 0.6 is 23.2 Å². The number of likely N-dealkylation sites (N-methyl/N-ethyl adjacent to an activating group) is 1. The van der Waals surface area contributed by atoms with E-state index in [9.17, 15) is 18.0 Å². The number of nitrogens with one attached hydrogen (secondary N) is 1. The number of amides is 2. The van der Waals surface area contributed by atoms with E-state index in [4.69, 9.17) is 32.7 Å². The molecule has 0 fully saturated rings. The van der Waals surface area contributed by atoms with Crippen molar-refractivity contribution >= 4 is 50.7 Å². The van der Waals surface area contributed by atoms with Crippen molar-refractivity contribution in [1.82, 2.24) is 10.2 Å². The fourth-order valence-corrected chi connectivity index (χ4v) is 6.38. The van der Waals surface area contributed by atoms with Gasteiger partial charge in [0.25, 0.3) is 10.0 Å². The molecule has 0 radical (unpaired) electrons. The van der Waals surface area contributed by atoms with E-state index in [0.29, 0.717) is 46.9 Å². The third-order valence-electron chi connectivity index (χ3n) is 6.52. The van der Waals surface area contributed by atoms with Crippen LogP contribution in [0.3, 0.4) is 0 Å². The number of ether oxygens (including phenoxy) is 2. The van der Waals surface area contributed by atoms with Gasteiger partial charge in [-0.1, -0.05) is 54.4 Å². The number of benzene rings is 3. The molecule has 0 aromatic heterocycles. The van der Waals surface area contributed by atoms with Gasteiger partial charge >= 0.3 is 0 Å². The summed E-state index contributed by atoms with van der Waals surface area (Å²) < 4.78 is 40.2. The number of fused-ring (bicyclic) bond motifs is 1. The maximum atomic E-state index is 14.1. The summed E-state index contributed by atoms with van der Waals surface area (Å²) in [6.45, 7) is 3.98. The van der Waals surface area contributed by atoms with Gasteiger partial charge in [0.2, 0.25) is 11.8 Å². The van der Waals surface area contributed by atoms with Crippen LogP contribution < -0.4 is 19.1 Å². The number of hydrogen-bond acceptors (Lipinski definition) is 6. The van der Waals surface area contributed by atoms with Gasteiger partial charge in [-0.3, -0.25) is 13.9 Å². The number of rotatable bonds is 11. The fraction of sp³-hybridized carbons (Fsp3) is 0.310. The van der Waals surface area contributed by atoms with Crippen LogP contribution in [-0.4, -0.2) is 57.5 Å². The second-order valence-corrected chi connectivity index (χ2v) is 11.9. The Morgan fingerprint density at radius 1 is 0.951 bits per heavy atom. The Balaban J connectivity index is 1.77. The van der Waals surface area contributed by atoms with Crippen molar-refractivity contribution in [1.29, 1.82) is 0 Å². The SMILES string of the molecule is CCNC(=O)[C@@H](CC)N(Cc1ccc(Cl)cc1Cl)C(=O)CN(c1ccc2c(c1)OCCO2)S(=O)(=O)c1ccccc1. The van der Waals surface area contributed by atoms with Crippen molar-refractivity contribution in [3.63, 3.8) is 0 Å². The summed E-state index contributed by atoms with van der Waals surface area (Å²) >= 11 is 12.5. The van der Waals surface area contributed by atoms with Gasteiger partial charge < -0.3 is 19.7 Å². The Morgan fingerprint density at radius 2 is 1.66 bits per heavy atom. The smallest absolute Gasteiger partial charge is 0.264 e. The number of nitrogens with zero attached hydrogens (tertiary/aromatic N) is 2. The van der Waals surface area contributed by atoms with Gasteiger partial charge in [0.1, 0.15) is 25.8 Å². The summed E-state index contributed by atoms with van der Waals surface area (Å²) in [6.07, 6.45) is 0.290. The maximum Gasteiger partial charge on any atom is 0.264 e. The minimum Gasteiger partial charge on any atom is -0.486 e. The monoisotopic (exact) mass is 619 g/mol. The molecular formula is C29H31Cl2N3O6S. The number of sulfonamides is 1. The first-order valence-electron chi connectivity index (χ1n) is 13.1. The van der Waals surface area contributed by atoms with Crippen LogP contribution in [0.15, 0.2) is 71.6 Å². The van der Waals surface area contributed by atoms with Crippen LogP contribution in [0.5, 0.6) is 11.5 Å². The molecule has 0 bridgehead atoms. The molecule has 0 spiro atoms. The van der Waals surface area contributed by atoms with Crippen LogP contribution in [0.25, 0.3) is 0 Å². The highest BCUT2D eigenvalue weighted by atomic mass is 35.5. The standard InChI is InChI=1S/C29H31Cl2N3O6S/c1-3-25(29(36)32-4-2)33(18-20-10-11-21(30)16-24(20)31)28(35)19-34(41(37,38)23-8-6-5-7-9-23)22-12-13-26-27(17-22)40-15-14-39-26/h5-13,16-17,25H,3-4,14-15,18-19H2,1-2H3,(H,32,36)/t25-/m1/s1. The molecule has 2 amide bonds. The van der Waals surface area contributed by atoms with Crippen LogP contribution in [0, 0.1) is 0 Å². The van der Waals surface area contributed by atoms with E-state index in [0.717, 1.165) is 4.31 Å². The molecule has 12 heteroatoms. The summed E-state index contributed by atoms with van der Waals surface area (Å²) in [5, 5.41) is 3.51. The second kappa shape index (κ2) is 13.5. The molecule has 41 heavy (non-hydrogen) atoms. The zero-order chi connectivity index (χ0) is 29.6. The second-order valence-electron chi connectivity index (χ2n) is 9.23. The van der Waals surface area contributed by atoms with Gasteiger partial charge in [0.05, 0.1) is 10.6 Å². The average Bonchev–Trinajstić information content (AvgIpc) is 2.97. The number of halogens is 2. The lowest BCUT2D eigenvalue weighted by Crippen LogP contribution is -2.52. The molecule has 218 valence electrons. The zero-order valence-electron chi connectivity index (χ0n) is 22.7. The average molecular weight is 621 g/mol. The molecule has 0 aliphatic carbocycles. The summed E-state index contributed by atoms with van der Waals surface area (Å²) in [6, 6.07) is 16.5. The normalized spacial score (nSPS) is 13.3. The first-order valence-corrected chi connectivity index (χ1v) is 15.3. The van der Waals surface area contributed by atoms with Crippen molar-refractivity contribution in [2.45, 2.75) is 37.8 Å². The number of carbonyl (C=O) groups is 2. The summed E-state index contributed by atoms with van der Waals surface area (Å²) in [5.74, 6) is -0.105. The summed E-state index contributed by atoms with van der Waals surface area (Å²) in [4.78, 5) is 28.5. The van der Waals surface area contributed by atoms with Crippen molar-refractivity contribution < 1.29 is 27.5 Å². The van der Waals surface area contributed by atoms with Gasteiger partial charge in [-0.05, 0) is 55.3 Å². The highest BCUT2D eigenvalue weighted by Crippen LogP contribution is 2.36. The molecule has 0 saturated heterocycles. The van der Waals surface area contributed by atoms with Crippen LogP contribution in [-0.2, 0) is 26.2 Å². The fourth-order valence-electron chi connectivity index (χ4n) is 4.48. The minimum atomic E-state index is -4.21. The van der Waals surface area contributed by atoms with E-state index < -0.39 is 28.5 Å². The van der Waals surface area contributed by atoms with Gasteiger partial charge in [-0.2, -0.15) is 0 Å². The quantitative estimate of drug-likeness (QED) is 0.327. The molecule has 1 aliphatic rings. The minimum absolute atomic E-state index is 0.00533. The molecular weight excluding hydrogens is 589 g/mol. The molecule has 3 aromatic carbocycles. The Kier molecular flexibility index (Phi) is 10.0. The molecule has 1 atom stereocenters. The number of anilines is 1. The number of carbonyl (C=O) groups excluding carboxylic acids is 2. The maximum absolute atomic E-state index is 14.1. The molecule has 9 nitrogen and oxygen atoms in total. The first-order chi connectivity index (χ1) is 19.6. The molecule has 4 rings (SSSR count). The molecule has 0 saturated carbocycles. The predicted octanol–water partition coefficient (Wildman–Crippen LogP) is 4.90. The van der Waals surface area contributed by atoms with Crippen LogP contribution in [0.1, 0.15) is 25.8 Å². The van der Waals surface area contributed by atoms with E-state index in [1.165, 1.54) is 23.1 Å². The number of hydrogen-bond donors (Lipinski definition) is 1. The third-order valence-corrected chi connectivity index (χ3v) is 8.89. The van der Waals surface area contributed by atoms with E-state index in [1.807, 2.05) is 0 Å². The van der Waals surface area contributed by atoms with Gasteiger partial charge in [-0.15, -0.1) is 0 Å². The molecule has 3 aromatic rings. The predicted molar refractivity (Wildman–Crippen MR) is 158 cm³/mol. The Labute approximate surface area is 250 Å². The Morgan fingerprint density at radius 3 is 2.32 bits per heavy atom. The van der Waals surface area contributed by atoms with Crippen molar-refractivity contribution in [3.05, 3.63) is 82.3 Å². The Hall–Kier alpha value is -3.47. The molecule has 1 aliphatic heterocycles. The zero-order valence-corrected chi connectivity index (χ0v) is 25.0. The topological polar surface area (TPSA) is 105 Å². The van der Waals surface area contributed by atoms with Crippen LogP contribution in [0.4, 0.5) is 5.69 Å². The van der Waals surface area contributed by atoms with Gasteiger partial charge in [0, 0.05) is 29.2 Å². The summed E-state index contributed by atoms with van der Waals surface area (Å²) in [7, 11) is -4.21. The summed E-state index contributed by atoms with van der Waals surface area (Å²) in [5.41, 5.74) is 0.769. The van der Waals surface area contributed by atoms with E-state index in [1.54, 1.807) is 62.4 Å². The highest BCUT2D eigenvalue weighted by molar-refractivity contribution is 7.92. The Bertz CT molecular complexity index is 1500. The largest absolute Gasteiger partial charge is 0.486 e. The van der Waals surface area contributed by atoms with E-state index in [2.05, 4.69) is 5.32 Å².